The fourth-order valence-electron chi connectivity index (χ4n) is 2.56. The molecule has 0 aromatic rings. The van der Waals surface area contributed by atoms with E-state index in [9.17, 15) is 14.4 Å². The van der Waals surface area contributed by atoms with Gasteiger partial charge in [-0.1, -0.05) is 0 Å². The van der Waals surface area contributed by atoms with Crippen LogP contribution >= 0.6 is 11.8 Å². The highest BCUT2D eigenvalue weighted by Crippen LogP contribution is 2.18. The van der Waals surface area contributed by atoms with Crippen LogP contribution in [-0.4, -0.2) is 71.6 Å². The average molecular weight is 332 g/mol. The number of carboxylic acids is 1. The molecule has 1 aliphatic heterocycles. The second-order valence-electron chi connectivity index (χ2n) is 5.27. The second kappa shape index (κ2) is 8.99. The van der Waals surface area contributed by atoms with Gasteiger partial charge in [0, 0.05) is 6.54 Å². The van der Waals surface area contributed by atoms with Crippen molar-refractivity contribution in [3.63, 3.8) is 0 Å². The van der Waals surface area contributed by atoms with Gasteiger partial charge >= 0.3 is 11.9 Å². The fourth-order valence-corrected chi connectivity index (χ4v) is 3.03. The van der Waals surface area contributed by atoms with E-state index >= 15 is 0 Å². The van der Waals surface area contributed by atoms with Crippen molar-refractivity contribution in [2.75, 3.05) is 25.7 Å². The first kappa shape index (κ1) is 18.8. The molecule has 2 N–H and O–H groups in total. The van der Waals surface area contributed by atoms with E-state index in [1.807, 2.05) is 6.26 Å². The van der Waals surface area contributed by atoms with Crippen molar-refractivity contribution >= 4 is 29.6 Å². The van der Waals surface area contributed by atoms with Crippen molar-refractivity contribution in [1.82, 2.24) is 10.2 Å². The lowest BCUT2D eigenvalue weighted by atomic mass is 10.1. The second-order valence-corrected chi connectivity index (χ2v) is 6.26. The highest BCUT2D eigenvalue weighted by molar-refractivity contribution is 7.98. The van der Waals surface area contributed by atoms with Crippen molar-refractivity contribution in [1.29, 1.82) is 0 Å². The summed E-state index contributed by atoms with van der Waals surface area (Å²) in [6.45, 7) is 2.09. The molecule has 0 aliphatic carbocycles. The number of carboxylic acid groups (broad SMARTS) is 1. The fraction of sp³-hybridized carbons (Fsp3) is 0.786. The molecular weight excluding hydrogens is 308 g/mol. The molecule has 1 heterocycles. The SMILES string of the molecule is COC(=O)C(CCSC)N[C@@H](C)C(=O)N1CCC[C@H]1C(=O)O. The molecule has 1 saturated heterocycles. The molecular formula is C14H24N2O5S. The zero-order chi connectivity index (χ0) is 16.7. The van der Waals surface area contributed by atoms with Crippen LogP contribution in [0.15, 0.2) is 0 Å². The predicted molar refractivity (Wildman–Crippen MR) is 83.8 cm³/mol. The van der Waals surface area contributed by atoms with Gasteiger partial charge in [-0.05, 0) is 38.2 Å². The maximum absolute atomic E-state index is 12.4. The summed E-state index contributed by atoms with van der Waals surface area (Å²) in [7, 11) is 1.31. The first-order valence-electron chi connectivity index (χ1n) is 7.28. The number of aliphatic carboxylic acids is 1. The number of nitrogens with one attached hydrogen (secondary N) is 1. The van der Waals surface area contributed by atoms with Gasteiger partial charge in [0.1, 0.15) is 12.1 Å². The van der Waals surface area contributed by atoms with Crippen LogP contribution in [0.2, 0.25) is 0 Å². The number of rotatable bonds is 8. The monoisotopic (exact) mass is 332 g/mol. The van der Waals surface area contributed by atoms with Crippen LogP contribution in [0, 0.1) is 0 Å². The molecule has 8 heteroatoms. The van der Waals surface area contributed by atoms with Gasteiger partial charge in [-0.15, -0.1) is 0 Å². The number of nitrogens with zero attached hydrogens (tertiary/aromatic N) is 1. The number of esters is 1. The maximum atomic E-state index is 12.4. The molecule has 126 valence electrons. The maximum Gasteiger partial charge on any atom is 0.326 e. The molecule has 22 heavy (non-hydrogen) atoms. The van der Waals surface area contributed by atoms with E-state index in [2.05, 4.69) is 5.32 Å². The van der Waals surface area contributed by atoms with Crippen LogP contribution in [0.3, 0.4) is 0 Å². The van der Waals surface area contributed by atoms with E-state index in [-0.39, 0.29) is 5.91 Å². The van der Waals surface area contributed by atoms with Gasteiger partial charge in [-0.2, -0.15) is 11.8 Å². The minimum atomic E-state index is -0.982. The highest BCUT2D eigenvalue weighted by atomic mass is 32.2. The minimum Gasteiger partial charge on any atom is -0.480 e. The Labute approximate surface area is 134 Å². The molecule has 0 spiro atoms. The molecule has 3 atom stereocenters. The first-order chi connectivity index (χ1) is 10.4. The Kier molecular flexibility index (Phi) is 7.67. The van der Waals surface area contributed by atoms with Crippen molar-refractivity contribution < 1.29 is 24.2 Å². The van der Waals surface area contributed by atoms with E-state index in [0.29, 0.717) is 25.8 Å². The molecule has 0 radical (unpaired) electrons. The van der Waals surface area contributed by atoms with Crippen LogP contribution in [0.4, 0.5) is 0 Å². The summed E-state index contributed by atoms with van der Waals surface area (Å²) in [6.07, 6.45) is 3.64. The Morgan fingerprint density at radius 2 is 2.14 bits per heavy atom. The molecule has 1 unspecified atom stereocenters. The Morgan fingerprint density at radius 3 is 2.68 bits per heavy atom. The zero-order valence-corrected chi connectivity index (χ0v) is 14.0. The van der Waals surface area contributed by atoms with E-state index in [1.165, 1.54) is 12.0 Å². The predicted octanol–water partition coefficient (Wildman–Crippen LogP) is 0.335. The number of hydrogen-bond donors (Lipinski definition) is 2. The van der Waals surface area contributed by atoms with E-state index in [1.54, 1.807) is 18.7 Å². The van der Waals surface area contributed by atoms with Gasteiger partial charge in [0.25, 0.3) is 0 Å². The summed E-state index contributed by atoms with van der Waals surface area (Å²) in [5.41, 5.74) is 0. The van der Waals surface area contributed by atoms with Crippen LogP contribution in [0.5, 0.6) is 0 Å². The van der Waals surface area contributed by atoms with Gasteiger partial charge in [-0.25, -0.2) is 4.79 Å². The van der Waals surface area contributed by atoms with Gasteiger partial charge in [-0.3, -0.25) is 14.9 Å². The normalized spacial score (nSPS) is 20.5. The summed E-state index contributed by atoms with van der Waals surface area (Å²) in [6, 6.07) is -1.97. The average Bonchev–Trinajstić information content (AvgIpc) is 2.99. The number of thioether (sulfide) groups is 1. The van der Waals surface area contributed by atoms with Crippen LogP contribution in [0.1, 0.15) is 26.2 Å². The van der Waals surface area contributed by atoms with Crippen molar-refractivity contribution in [2.24, 2.45) is 0 Å². The summed E-state index contributed by atoms with van der Waals surface area (Å²) >= 11 is 1.60. The van der Waals surface area contributed by atoms with E-state index in [4.69, 9.17) is 9.84 Å². The lowest BCUT2D eigenvalue weighted by Gasteiger charge is -2.27. The number of hydrogen-bond acceptors (Lipinski definition) is 6. The van der Waals surface area contributed by atoms with Crippen molar-refractivity contribution in [2.45, 2.75) is 44.3 Å². The Morgan fingerprint density at radius 1 is 1.45 bits per heavy atom. The summed E-state index contributed by atoms with van der Waals surface area (Å²) in [5, 5.41) is 12.1. The topological polar surface area (TPSA) is 95.9 Å². The van der Waals surface area contributed by atoms with Crippen molar-refractivity contribution in [3.05, 3.63) is 0 Å². The van der Waals surface area contributed by atoms with Gasteiger partial charge in [0.2, 0.25) is 5.91 Å². The third kappa shape index (κ3) is 4.88. The molecule has 0 saturated carbocycles. The van der Waals surface area contributed by atoms with Crippen LogP contribution in [0.25, 0.3) is 0 Å². The molecule has 1 aliphatic rings. The molecule has 1 rings (SSSR count). The molecule has 0 aromatic carbocycles. The highest BCUT2D eigenvalue weighted by Gasteiger charge is 2.36. The van der Waals surface area contributed by atoms with E-state index in [0.717, 1.165) is 5.75 Å². The molecule has 1 amide bonds. The molecule has 7 nitrogen and oxygen atoms in total. The largest absolute Gasteiger partial charge is 0.480 e. The molecule has 0 bridgehead atoms. The summed E-state index contributed by atoms with van der Waals surface area (Å²) < 4.78 is 4.75. The van der Waals surface area contributed by atoms with Crippen LogP contribution < -0.4 is 5.32 Å². The number of amides is 1. The summed E-state index contributed by atoms with van der Waals surface area (Å²) in [4.78, 5) is 36.7. The zero-order valence-electron chi connectivity index (χ0n) is 13.2. The standard InChI is InChI=1S/C14H24N2O5S/c1-9(15-10(6-8-22-3)14(20)21-2)12(17)16-7-4-5-11(16)13(18)19/h9-11,15H,4-8H2,1-3H3,(H,18,19)/t9-,10?,11-/m0/s1. The lowest BCUT2D eigenvalue weighted by Crippen LogP contribution is -2.53. The Bertz CT molecular complexity index is 418. The van der Waals surface area contributed by atoms with Crippen molar-refractivity contribution in [3.8, 4) is 0 Å². The lowest BCUT2D eigenvalue weighted by molar-refractivity contribution is -0.149. The molecule has 0 aromatic heterocycles. The third-order valence-corrected chi connectivity index (χ3v) is 4.38. The summed E-state index contributed by atoms with van der Waals surface area (Å²) in [5.74, 6) is -0.924. The molecule has 1 fully saturated rings. The first-order valence-corrected chi connectivity index (χ1v) is 8.67. The van der Waals surface area contributed by atoms with Crippen LogP contribution in [-0.2, 0) is 19.1 Å². The number of likely N-dealkylation sites (tertiary alicyclic amines) is 1. The smallest absolute Gasteiger partial charge is 0.326 e. The van der Waals surface area contributed by atoms with E-state index < -0.39 is 30.1 Å². The van der Waals surface area contributed by atoms with Gasteiger partial charge in [0.05, 0.1) is 13.2 Å². The number of methoxy groups -OCH3 is 1. The van der Waals surface area contributed by atoms with Gasteiger partial charge in [0.15, 0.2) is 0 Å². The van der Waals surface area contributed by atoms with Gasteiger partial charge < -0.3 is 14.7 Å². The number of carbonyl (C=O) groups is 3. The number of carbonyl (C=O) groups excluding carboxylic acids is 2. The quantitative estimate of drug-likeness (QED) is 0.619. The number of ether oxygens (including phenoxy) is 1. The Hall–Kier alpha value is -1.28. The Balaban J connectivity index is 2.67. The minimum absolute atomic E-state index is 0.289. The third-order valence-electron chi connectivity index (χ3n) is 3.74.